The average molecular weight is 394 g/mol. The van der Waals surface area contributed by atoms with E-state index in [1.807, 2.05) is 23.6 Å². The van der Waals surface area contributed by atoms with Gasteiger partial charge in [0.2, 0.25) is 0 Å². The Kier molecular flexibility index (Phi) is 5.95. The summed E-state index contributed by atoms with van der Waals surface area (Å²) in [5.74, 6) is -0.619. The van der Waals surface area contributed by atoms with Gasteiger partial charge in [0.25, 0.3) is 5.91 Å². The third-order valence-corrected chi connectivity index (χ3v) is 5.16. The van der Waals surface area contributed by atoms with Gasteiger partial charge in [0.15, 0.2) is 0 Å². The van der Waals surface area contributed by atoms with Crippen LogP contribution in [0.1, 0.15) is 51.9 Å². The molecule has 5 heteroatoms. The lowest BCUT2D eigenvalue weighted by Gasteiger charge is -2.19. The van der Waals surface area contributed by atoms with Crippen molar-refractivity contribution in [3.05, 3.63) is 87.6 Å². The summed E-state index contributed by atoms with van der Waals surface area (Å²) >= 11 is 1.37. The van der Waals surface area contributed by atoms with Crippen molar-refractivity contribution in [1.82, 2.24) is 0 Å². The van der Waals surface area contributed by atoms with E-state index in [0.717, 1.165) is 5.56 Å². The molecule has 0 saturated carbocycles. The fourth-order valence-electron chi connectivity index (χ4n) is 2.66. The van der Waals surface area contributed by atoms with Gasteiger partial charge in [0, 0.05) is 5.69 Å². The van der Waals surface area contributed by atoms with E-state index in [9.17, 15) is 9.59 Å². The zero-order valence-electron chi connectivity index (χ0n) is 16.2. The molecule has 1 N–H and O–H groups in total. The first-order valence-corrected chi connectivity index (χ1v) is 9.92. The van der Waals surface area contributed by atoms with Crippen molar-refractivity contribution >= 4 is 28.9 Å². The van der Waals surface area contributed by atoms with Crippen molar-refractivity contribution in [2.75, 3.05) is 5.32 Å². The van der Waals surface area contributed by atoms with E-state index in [1.165, 1.54) is 16.9 Å². The molecule has 4 nitrogen and oxygen atoms in total. The second-order valence-corrected chi connectivity index (χ2v) is 8.48. The number of amides is 1. The van der Waals surface area contributed by atoms with Crippen molar-refractivity contribution in [3.63, 3.8) is 0 Å². The van der Waals surface area contributed by atoms with E-state index in [2.05, 4.69) is 38.2 Å². The van der Waals surface area contributed by atoms with Crippen LogP contribution in [0.15, 0.2) is 66.0 Å². The summed E-state index contributed by atoms with van der Waals surface area (Å²) in [4.78, 5) is 25.1. The molecule has 0 bridgehead atoms. The van der Waals surface area contributed by atoms with Gasteiger partial charge in [0.1, 0.15) is 6.61 Å². The number of carbonyl (C=O) groups is 2. The summed E-state index contributed by atoms with van der Waals surface area (Å²) in [6.07, 6.45) is 0. The Bertz CT molecular complexity index is 954. The Hall–Kier alpha value is -2.92. The number of nitrogens with one attached hydrogen (secondary N) is 1. The summed E-state index contributed by atoms with van der Waals surface area (Å²) in [7, 11) is 0. The molecule has 0 atom stereocenters. The maximum absolute atomic E-state index is 12.4. The molecule has 0 spiro atoms. The molecular formula is C23H23NO3S. The number of rotatable bonds is 5. The number of thiophene rings is 1. The number of benzene rings is 2. The second-order valence-electron chi connectivity index (χ2n) is 7.54. The van der Waals surface area contributed by atoms with Gasteiger partial charge in [0.05, 0.1) is 10.4 Å². The monoisotopic (exact) mass is 393 g/mol. The average Bonchev–Trinajstić information content (AvgIpc) is 3.21. The Morgan fingerprint density at radius 1 is 1.00 bits per heavy atom. The zero-order chi connectivity index (χ0) is 20.1. The highest BCUT2D eigenvalue weighted by Gasteiger charge is 2.14. The van der Waals surface area contributed by atoms with Crippen LogP contribution in [0, 0.1) is 0 Å². The first-order valence-electron chi connectivity index (χ1n) is 9.04. The highest BCUT2D eigenvalue weighted by Crippen LogP contribution is 2.22. The maximum atomic E-state index is 12.4. The number of carbonyl (C=O) groups excluding carboxylic acids is 2. The summed E-state index contributed by atoms with van der Waals surface area (Å²) in [6.45, 7) is 6.68. The van der Waals surface area contributed by atoms with Gasteiger partial charge in [-0.3, -0.25) is 4.79 Å². The minimum Gasteiger partial charge on any atom is -0.457 e. The number of ether oxygens (including phenoxy) is 1. The van der Waals surface area contributed by atoms with E-state index in [1.54, 1.807) is 30.3 Å². The summed E-state index contributed by atoms with van der Waals surface area (Å²) in [6, 6.07) is 18.4. The fourth-order valence-corrected chi connectivity index (χ4v) is 3.28. The predicted molar refractivity (Wildman–Crippen MR) is 113 cm³/mol. The van der Waals surface area contributed by atoms with Gasteiger partial charge in [-0.1, -0.05) is 57.2 Å². The highest BCUT2D eigenvalue weighted by atomic mass is 32.1. The number of hydrogen-bond acceptors (Lipinski definition) is 4. The number of hydrogen-bond donors (Lipinski definition) is 1. The predicted octanol–water partition coefficient (Wildman–Crippen LogP) is 5.65. The van der Waals surface area contributed by atoms with Crippen LogP contribution in [0.25, 0.3) is 0 Å². The lowest BCUT2D eigenvalue weighted by atomic mass is 9.87. The van der Waals surface area contributed by atoms with E-state index in [4.69, 9.17) is 4.74 Å². The van der Waals surface area contributed by atoms with Crippen molar-refractivity contribution < 1.29 is 14.3 Å². The standard InChI is InChI=1S/C23H23NO3S/c1-23(2,3)18-11-9-16(10-12-18)15-27-22(26)17-6-4-7-19(14-17)24-21(25)20-8-5-13-28-20/h4-14H,15H2,1-3H3,(H,24,25). The van der Waals surface area contributed by atoms with Gasteiger partial charge in [-0.15, -0.1) is 11.3 Å². The van der Waals surface area contributed by atoms with E-state index in [-0.39, 0.29) is 17.9 Å². The molecule has 0 saturated heterocycles. The largest absolute Gasteiger partial charge is 0.457 e. The van der Waals surface area contributed by atoms with Gasteiger partial charge in [-0.2, -0.15) is 0 Å². The molecule has 3 aromatic rings. The van der Waals surface area contributed by atoms with E-state index in [0.29, 0.717) is 16.1 Å². The molecule has 144 valence electrons. The molecule has 0 fully saturated rings. The number of esters is 1. The van der Waals surface area contributed by atoms with Crippen LogP contribution in [0.4, 0.5) is 5.69 Å². The Morgan fingerprint density at radius 3 is 2.39 bits per heavy atom. The van der Waals surface area contributed by atoms with Crippen molar-refractivity contribution in [2.45, 2.75) is 32.8 Å². The van der Waals surface area contributed by atoms with Crippen LogP contribution in [-0.2, 0) is 16.8 Å². The topological polar surface area (TPSA) is 55.4 Å². The second kappa shape index (κ2) is 8.40. The van der Waals surface area contributed by atoms with Crippen LogP contribution >= 0.6 is 11.3 Å². The van der Waals surface area contributed by atoms with Crippen molar-refractivity contribution in [1.29, 1.82) is 0 Å². The molecule has 0 radical (unpaired) electrons. The van der Waals surface area contributed by atoms with Crippen LogP contribution in [0.2, 0.25) is 0 Å². The smallest absolute Gasteiger partial charge is 0.338 e. The minimum absolute atomic E-state index is 0.0865. The third-order valence-electron chi connectivity index (χ3n) is 4.29. The Morgan fingerprint density at radius 2 is 1.75 bits per heavy atom. The summed E-state index contributed by atoms with van der Waals surface area (Å²) in [5, 5.41) is 4.64. The SMILES string of the molecule is CC(C)(C)c1ccc(COC(=O)c2cccc(NC(=O)c3cccs3)c2)cc1. The fraction of sp³-hybridized carbons (Fsp3) is 0.217. The Balaban J connectivity index is 1.61. The Labute approximate surface area is 169 Å². The maximum Gasteiger partial charge on any atom is 0.338 e. The summed E-state index contributed by atoms with van der Waals surface area (Å²) in [5.41, 5.74) is 3.21. The molecule has 3 rings (SSSR count). The highest BCUT2D eigenvalue weighted by molar-refractivity contribution is 7.12. The third kappa shape index (κ3) is 5.08. The van der Waals surface area contributed by atoms with Crippen LogP contribution in [0.3, 0.4) is 0 Å². The van der Waals surface area contributed by atoms with Gasteiger partial charge >= 0.3 is 5.97 Å². The molecule has 1 heterocycles. The van der Waals surface area contributed by atoms with Gasteiger partial charge in [-0.05, 0) is 46.2 Å². The summed E-state index contributed by atoms with van der Waals surface area (Å²) < 4.78 is 5.42. The molecule has 28 heavy (non-hydrogen) atoms. The molecule has 0 aliphatic rings. The zero-order valence-corrected chi connectivity index (χ0v) is 17.0. The number of anilines is 1. The van der Waals surface area contributed by atoms with Crippen molar-refractivity contribution in [3.8, 4) is 0 Å². The molecule has 2 aromatic carbocycles. The van der Waals surface area contributed by atoms with Gasteiger partial charge < -0.3 is 10.1 Å². The normalized spacial score (nSPS) is 11.1. The van der Waals surface area contributed by atoms with Crippen molar-refractivity contribution in [2.24, 2.45) is 0 Å². The van der Waals surface area contributed by atoms with Crippen LogP contribution < -0.4 is 5.32 Å². The molecule has 0 aliphatic heterocycles. The lowest BCUT2D eigenvalue weighted by molar-refractivity contribution is 0.0472. The molecule has 0 aliphatic carbocycles. The van der Waals surface area contributed by atoms with E-state index >= 15 is 0 Å². The van der Waals surface area contributed by atoms with Gasteiger partial charge in [-0.25, -0.2) is 4.79 Å². The molecular weight excluding hydrogens is 370 g/mol. The lowest BCUT2D eigenvalue weighted by Crippen LogP contribution is -2.12. The van der Waals surface area contributed by atoms with E-state index < -0.39 is 5.97 Å². The molecule has 0 unspecified atom stereocenters. The van der Waals surface area contributed by atoms with Crippen LogP contribution in [0.5, 0.6) is 0 Å². The quantitative estimate of drug-likeness (QED) is 0.570. The first kappa shape index (κ1) is 19.8. The minimum atomic E-state index is -0.424. The van der Waals surface area contributed by atoms with Crippen LogP contribution in [-0.4, -0.2) is 11.9 Å². The molecule has 1 aromatic heterocycles. The molecule has 1 amide bonds. The first-order chi connectivity index (χ1) is 13.3.